The normalized spacial score (nSPS) is 10.0. The molecule has 2 rings (SSSR count). The fourth-order valence-corrected chi connectivity index (χ4v) is 2.03. The molecule has 7 nitrogen and oxygen atoms in total. The van der Waals surface area contributed by atoms with Gasteiger partial charge in [0.1, 0.15) is 5.75 Å². The van der Waals surface area contributed by atoms with Crippen molar-refractivity contribution >= 4 is 33.2 Å². The molecule has 2 aromatic carbocycles. The fraction of sp³-hybridized carbons (Fsp3) is 0.133. The van der Waals surface area contributed by atoms with Crippen LogP contribution < -0.4 is 14.8 Å². The summed E-state index contributed by atoms with van der Waals surface area (Å²) >= 11 is 3.29. The lowest BCUT2D eigenvalue weighted by Crippen LogP contribution is -2.20. The molecule has 0 heterocycles. The van der Waals surface area contributed by atoms with Crippen molar-refractivity contribution < 1.29 is 19.2 Å². The van der Waals surface area contributed by atoms with Crippen molar-refractivity contribution in [1.82, 2.24) is 0 Å². The molecular weight excluding hydrogens is 368 g/mol. The third-order valence-electron chi connectivity index (χ3n) is 2.85. The number of nitrogens with zero attached hydrogens (tertiary/aromatic N) is 1. The number of nitrogens with one attached hydrogen (secondary N) is 1. The summed E-state index contributed by atoms with van der Waals surface area (Å²) in [6, 6.07) is 11.2. The molecule has 1 N–H and O–H groups in total. The molecule has 120 valence electrons. The predicted molar refractivity (Wildman–Crippen MR) is 87.9 cm³/mol. The van der Waals surface area contributed by atoms with Crippen LogP contribution in [-0.4, -0.2) is 24.5 Å². The van der Waals surface area contributed by atoms with Gasteiger partial charge in [-0.1, -0.05) is 15.9 Å². The predicted octanol–water partition coefficient (Wildman–Crippen LogP) is 3.38. The standard InChI is InChI=1S/C15H13BrN2O5/c1-22-12-6-7-14(13(8-12)18(20)21)23-9-15(19)17-11-4-2-10(16)3-5-11/h2-8H,9H2,1H3,(H,17,19). The molecular formula is C15H13BrN2O5. The zero-order valence-electron chi connectivity index (χ0n) is 12.1. The lowest BCUT2D eigenvalue weighted by atomic mass is 10.3. The first-order chi connectivity index (χ1) is 11.0. The third kappa shape index (κ3) is 4.68. The molecule has 0 aliphatic carbocycles. The Hall–Kier alpha value is -2.61. The number of amides is 1. The topological polar surface area (TPSA) is 90.7 Å². The van der Waals surface area contributed by atoms with Crippen LogP contribution in [0.25, 0.3) is 0 Å². The Labute approximate surface area is 140 Å². The van der Waals surface area contributed by atoms with Gasteiger partial charge in [-0.3, -0.25) is 14.9 Å². The Morgan fingerprint density at radius 2 is 1.96 bits per heavy atom. The van der Waals surface area contributed by atoms with E-state index in [9.17, 15) is 14.9 Å². The monoisotopic (exact) mass is 380 g/mol. The first-order valence-corrected chi connectivity index (χ1v) is 7.29. The van der Waals surface area contributed by atoms with E-state index in [4.69, 9.17) is 9.47 Å². The van der Waals surface area contributed by atoms with E-state index in [0.717, 1.165) is 4.47 Å². The maximum atomic E-state index is 11.8. The number of ether oxygens (including phenoxy) is 2. The van der Waals surface area contributed by atoms with Crippen molar-refractivity contribution in [2.45, 2.75) is 0 Å². The van der Waals surface area contributed by atoms with Crippen molar-refractivity contribution in [2.75, 3.05) is 19.0 Å². The van der Waals surface area contributed by atoms with E-state index >= 15 is 0 Å². The van der Waals surface area contributed by atoms with Crippen molar-refractivity contribution in [3.8, 4) is 11.5 Å². The second-order valence-corrected chi connectivity index (χ2v) is 5.35. The van der Waals surface area contributed by atoms with Gasteiger partial charge in [-0.15, -0.1) is 0 Å². The molecule has 2 aromatic rings. The first-order valence-electron chi connectivity index (χ1n) is 6.50. The van der Waals surface area contributed by atoms with E-state index < -0.39 is 10.8 Å². The minimum Gasteiger partial charge on any atom is -0.496 e. The molecule has 0 radical (unpaired) electrons. The molecule has 0 spiro atoms. The average Bonchev–Trinajstić information content (AvgIpc) is 2.54. The number of carbonyl (C=O) groups is 1. The highest BCUT2D eigenvalue weighted by atomic mass is 79.9. The van der Waals surface area contributed by atoms with Crippen LogP contribution in [0.2, 0.25) is 0 Å². The summed E-state index contributed by atoms with van der Waals surface area (Å²) in [6.45, 7) is -0.344. The van der Waals surface area contributed by atoms with Gasteiger partial charge in [0.2, 0.25) is 0 Å². The van der Waals surface area contributed by atoms with Gasteiger partial charge < -0.3 is 14.8 Å². The zero-order valence-corrected chi connectivity index (χ0v) is 13.7. The Kier molecular flexibility index (Phi) is 5.53. The zero-order chi connectivity index (χ0) is 16.8. The van der Waals surface area contributed by atoms with Crippen LogP contribution >= 0.6 is 15.9 Å². The minimum atomic E-state index is -0.593. The number of anilines is 1. The molecule has 23 heavy (non-hydrogen) atoms. The summed E-state index contributed by atoms with van der Waals surface area (Å²) in [5.41, 5.74) is 0.340. The highest BCUT2D eigenvalue weighted by Gasteiger charge is 2.17. The molecule has 1 amide bonds. The molecule has 0 atom stereocenters. The van der Waals surface area contributed by atoms with E-state index in [2.05, 4.69) is 21.2 Å². The second-order valence-electron chi connectivity index (χ2n) is 4.43. The number of rotatable bonds is 6. The summed E-state index contributed by atoms with van der Waals surface area (Å²) in [5, 5.41) is 13.7. The molecule has 0 bridgehead atoms. The van der Waals surface area contributed by atoms with Gasteiger partial charge in [-0.25, -0.2) is 0 Å². The molecule has 0 aliphatic heterocycles. The SMILES string of the molecule is COc1ccc(OCC(=O)Nc2ccc(Br)cc2)c([N+](=O)[O-])c1. The van der Waals surface area contributed by atoms with Crippen LogP contribution in [0.1, 0.15) is 0 Å². The van der Waals surface area contributed by atoms with E-state index in [1.165, 1.54) is 25.3 Å². The molecule has 8 heteroatoms. The van der Waals surface area contributed by atoms with E-state index in [1.54, 1.807) is 24.3 Å². The molecule has 0 aromatic heterocycles. The third-order valence-corrected chi connectivity index (χ3v) is 3.38. The van der Waals surface area contributed by atoms with Crippen molar-refractivity contribution in [3.63, 3.8) is 0 Å². The number of methoxy groups -OCH3 is 1. The Morgan fingerprint density at radius 3 is 2.57 bits per heavy atom. The number of hydrogen-bond donors (Lipinski definition) is 1. The molecule has 0 aliphatic rings. The highest BCUT2D eigenvalue weighted by Crippen LogP contribution is 2.30. The van der Waals surface area contributed by atoms with Crippen LogP contribution in [0.4, 0.5) is 11.4 Å². The summed E-state index contributed by atoms with van der Waals surface area (Å²) in [7, 11) is 1.41. The van der Waals surface area contributed by atoms with Crippen LogP contribution in [-0.2, 0) is 4.79 Å². The van der Waals surface area contributed by atoms with Crippen LogP contribution in [0.15, 0.2) is 46.9 Å². The van der Waals surface area contributed by atoms with E-state index in [1.807, 2.05) is 0 Å². The molecule has 0 saturated carbocycles. The lowest BCUT2D eigenvalue weighted by molar-refractivity contribution is -0.385. The molecule has 0 saturated heterocycles. The summed E-state index contributed by atoms with van der Waals surface area (Å²) in [5.74, 6) is -0.0810. The smallest absolute Gasteiger partial charge is 0.314 e. The van der Waals surface area contributed by atoms with Gasteiger partial charge in [-0.2, -0.15) is 0 Å². The minimum absolute atomic E-state index is 0.00163. The Balaban J connectivity index is 2.01. The van der Waals surface area contributed by atoms with Crippen LogP contribution in [0.3, 0.4) is 0 Å². The van der Waals surface area contributed by atoms with Gasteiger partial charge in [-0.05, 0) is 36.4 Å². The largest absolute Gasteiger partial charge is 0.496 e. The number of nitro groups is 1. The maximum absolute atomic E-state index is 11.8. The number of benzene rings is 2. The highest BCUT2D eigenvalue weighted by molar-refractivity contribution is 9.10. The van der Waals surface area contributed by atoms with Crippen LogP contribution in [0, 0.1) is 10.1 Å². The molecule has 0 unspecified atom stereocenters. The number of halogens is 1. The number of nitro benzene ring substituents is 1. The van der Waals surface area contributed by atoms with E-state index in [-0.39, 0.29) is 18.0 Å². The average molecular weight is 381 g/mol. The summed E-state index contributed by atoms with van der Waals surface area (Å²) in [4.78, 5) is 22.3. The lowest BCUT2D eigenvalue weighted by Gasteiger charge is -2.09. The Bertz CT molecular complexity index is 718. The van der Waals surface area contributed by atoms with Crippen molar-refractivity contribution in [1.29, 1.82) is 0 Å². The first kappa shape index (κ1) is 16.8. The maximum Gasteiger partial charge on any atom is 0.314 e. The van der Waals surface area contributed by atoms with Gasteiger partial charge in [0, 0.05) is 10.2 Å². The Morgan fingerprint density at radius 1 is 1.26 bits per heavy atom. The van der Waals surface area contributed by atoms with Crippen LogP contribution in [0.5, 0.6) is 11.5 Å². The quantitative estimate of drug-likeness (QED) is 0.612. The van der Waals surface area contributed by atoms with Gasteiger partial charge in [0.15, 0.2) is 12.4 Å². The fourth-order valence-electron chi connectivity index (χ4n) is 1.76. The van der Waals surface area contributed by atoms with Crippen molar-refractivity contribution in [3.05, 3.63) is 57.1 Å². The van der Waals surface area contributed by atoms with E-state index in [0.29, 0.717) is 11.4 Å². The number of hydrogen-bond acceptors (Lipinski definition) is 5. The summed E-state index contributed by atoms with van der Waals surface area (Å²) in [6.07, 6.45) is 0. The van der Waals surface area contributed by atoms with Crippen molar-refractivity contribution in [2.24, 2.45) is 0 Å². The van der Waals surface area contributed by atoms with Gasteiger partial charge in [0.05, 0.1) is 18.1 Å². The van der Waals surface area contributed by atoms with Gasteiger partial charge >= 0.3 is 5.69 Å². The second kappa shape index (κ2) is 7.59. The number of carbonyl (C=O) groups excluding carboxylic acids is 1. The van der Waals surface area contributed by atoms with Gasteiger partial charge in [0.25, 0.3) is 5.91 Å². The molecule has 0 fully saturated rings. The summed E-state index contributed by atoms with van der Waals surface area (Å²) < 4.78 is 11.1.